The largest absolute Gasteiger partial charge is 0.497 e. The molecule has 0 aliphatic carbocycles. The van der Waals surface area contributed by atoms with E-state index in [0.29, 0.717) is 12.3 Å². The Morgan fingerprint density at radius 2 is 2.10 bits per heavy atom. The fourth-order valence-corrected chi connectivity index (χ4v) is 4.29. The predicted octanol–water partition coefficient (Wildman–Crippen LogP) is 4.34. The number of rotatable bonds is 8. The van der Waals surface area contributed by atoms with E-state index in [1.165, 1.54) is 0 Å². The molecule has 0 radical (unpaired) electrons. The molecule has 2 aromatic rings. The van der Waals surface area contributed by atoms with E-state index >= 15 is 0 Å². The Hall–Kier alpha value is -2.41. The van der Waals surface area contributed by atoms with Gasteiger partial charge in [-0.15, -0.1) is 11.8 Å². The molecular formula is C23H32N4O2S. The van der Waals surface area contributed by atoms with Gasteiger partial charge in [0.15, 0.2) is 5.82 Å². The van der Waals surface area contributed by atoms with Crippen molar-refractivity contribution in [1.82, 2.24) is 10.3 Å². The Morgan fingerprint density at radius 1 is 1.33 bits per heavy atom. The van der Waals surface area contributed by atoms with Gasteiger partial charge in [0, 0.05) is 37.7 Å². The third kappa shape index (κ3) is 5.59. The normalized spacial score (nSPS) is 15.5. The number of hydrogen-bond acceptors (Lipinski definition) is 6. The Morgan fingerprint density at radius 3 is 2.77 bits per heavy atom. The van der Waals surface area contributed by atoms with Gasteiger partial charge in [-0.25, -0.2) is 4.98 Å². The molecule has 1 amide bonds. The maximum atomic E-state index is 12.6. The second-order valence-corrected chi connectivity index (χ2v) is 8.58. The average Bonchev–Trinajstić information content (AvgIpc) is 2.79. The smallest absolute Gasteiger partial charge is 0.220 e. The first-order valence-corrected chi connectivity index (χ1v) is 11.7. The van der Waals surface area contributed by atoms with E-state index in [-0.39, 0.29) is 11.9 Å². The van der Waals surface area contributed by atoms with Crippen LogP contribution >= 0.6 is 11.8 Å². The first kappa shape index (κ1) is 22.3. The molecule has 1 aliphatic heterocycles. The van der Waals surface area contributed by atoms with Crippen molar-refractivity contribution in [2.45, 2.75) is 37.1 Å². The molecule has 2 heterocycles. The highest BCUT2D eigenvalue weighted by atomic mass is 32.2. The summed E-state index contributed by atoms with van der Waals surface area (Å²) in [5.74, 6) is 2.33. The van der Waals surface area contributed by atoms with E-state index < -0.39 is 0 Å². The zero-order valence-electron chi connectivity index (χ0n) is 18.3. The molecular weight excluding hydrogens is 396 g/mol. The Bertz CT molecular complexity index is 853. The van der Waals surface area contributed by atoms with Gasteiger partial charge >= 0.3 is 0 Å². The summed E-state index contributed by atoms with van der Waals surface area (Å²) in [6, 6.07) is 9.95. The van der Waals surface area contributed by atoms with Crippen LogP contribution in [0.15, 0.2) is 41.4 Å². The Kier molecular flexibility index (Phi) is 7.85. The third-order valence-electron chi connectivity index (χ3n) is 5.71. The molecule has 7 heteroatoms. The maximum absolute atomic E-state index is 12.6. The molecule has 1 aromatic heterocycles. The molecule has 0 spiro atoms. The number of methoxy groups -OCH3 is 1. The summed E-state index contributed by atoms with van der Waals surface area (Å²) in [7, 11) is 3.59. The number of carbonyl (C=O) groups excluding carboxylic acids is 1. The van der Waals surface area contributed by atoms with Crippen molar-refractivity contribution in [1.29, 1.82) is 0 Å². The van der Waals surface area contributed by atoms with E-state index in [9.17, 15) is 4.79 Å². The third-order valence-corrected chi connectivity index (χ3v) is 6.40. The number of nitrogens with zero attached hydrogens (tertiary/aromatic N) is 2. The molecule has 6 nitrogen and oxygen atoms in total. The van der Waals surface area contributed by atoms with Crippen molar-refractivity contribution >= 4 is 29.2 Å². The SMILES string of the molecule is CNc1cc(SC)cnc1N1CCC(CC(=O)N[C@H](C)c2cccc(OC)c2)CC1. The molecule has 1 aromatic carbocycles. The van der Waals surface area contributed by atoms with Crippen molar-refractivity contribution < 1.29 is 9.53 Å². The number of anilines is 2. The zero-order valence-corrected chi connectivity index (χ0v) is 19.1. The number of aromatic nitrogens is 1. The molecule has 0 saturated carbocycles. The minimum absolute atomic E-state index is 0.0370. The number of piperidine rings is 1. The Labute approximate surface area is 183 Å². The lowest BCUT2D eigenvalue weighted by atomic mass is 9.93. The van der Waals surface area contributed by atoms with Crippen LogP contribution in [0.25, 0.3) is 0 Å². The molecule has 162 valence electrons. The van der Waals surface area contributed by atoms with Crippen molar-refractivity contribution in [3.63, 3.8) is 0 Å². The summed E-state index contributed by atoms with van der Waals surface area (Å²) in [6.07, 6.45) is 6.55. The molecule has 3 rings (SSSR count). The number of nitrogens with one attached hydrogen (secondary N) is 2. The van der Waals surface area contributed by atoms with E-state index in [1.807, 2.05) is 44.4 Å². The van der Waals surface area contributed by atoms with Gasteiger partial charge in [-0.05, 0) is 55.7 Å². The summed E-state index contributed by atoms with van der Waals surface area (Å²) in [4.78, 5) is 20.7. The van der Waals surface area contributed by atoms with E-state index in [0.717, 1.165) is 53.6 Å². The molecule has 1 atom stereocenters. The molecule has 30 heavy (non-hydrogen) atoms. The second-order valence-electron chi connectivity index (χ2n) is 7.70. The molecule has 1 fully saturated rings. The lowest BCUT2D eigenvalue weighted by Crippen LogP contribution is -2.37. The number of hydrogen-bond donors (Lipinski definition) is 2. The standard InChI is InChI=1S/C23H32N4O2S/c1-16(18-6-5-7-19(13-18)29-3)26-22(28)12-17-8-10-27(11-9-17)23-21(24-2)14-20(30-4)15-25-23/h5-7,13-17,24H,8-12H2,1-4H3,(H,26,28)/t16-/m1/s1. The highest BCUT2D eigenvalue weighted by Crippen LogP contribution is 2.31. The first-order chi connectivity index (χ1) is 14.5. The number of thioether (sulfide) groups is 1. The van der Waals surface area contributed by atoms with Crippen LogP contribution < -0.4 is 20.3 Å². The molecule has 2 N–H and O–H groups in total. The second kappa shape index (κ2) is 10.6. The van der Waals surface area contributed by atoms with Crippen LogP contribution in [-0.2, 0) is 4.79 Å². The van der Waals surface area contributed by atoms with Gasteiger partial charge in [-0.1, -0.05) is 12.1 Å². The van der Waals surface area contributed by atoms with Crippen molar-refractivity contribution in [2.24, 2.45) is 5.92 Å². The lowest BCUT2D eigenvalue weighted by molar-refractivity contribution is -0.122. The van der Waals surface area contributed by atoms with Gasteiger partial charge in [0.25, 0.3) is 0 Å². The number of ether oxygens (including phenoxy) is 1. The van der Waals surface area contributed by atoms with Crippen LogP contribution in [0.3, 0.4) is 0 Å². The quantitative estimate of drug-likeness (QED) is 0.610. The summed E-state index contributed by atoms with van der Waals surface area (Å²) < 4.78 is 5.28. The summed E-state index contributed by atoms with van der Waals surface area (Å²) >= 11 is 1.69. The maximum Gasteiger partial charge on any atom is 0.220 e. The molecule has 1 saturated heterocycles. The summed E-state index contributed by atoms with van der Waals surface area (Å²) in [5.41, 5.74) is 2.11. The molecule has 0 unspecified atom stereocenters. The minimum atomic E-state index is -0.0370. The van der Waals surface area contributed by atoms with Crippen molar-refractivity contribution in [2.75, 3.05) is 43.7 Å². The highest BCUT2D eigenvalue weighted by Gasteiger charge is 2.24. The topological polar surface area (TPSA) is 66.5 Å². The summed E-state index contributed by atoms with van der Waals surface area (Å²) in [5, 5.41) is 6.40. The zero-order chi connectivity index (χ0) is 21.5. The van der Waals surface area contributed by atoms with Crippen LogP contribution in [0.2, 0.25) is 0 Å². The van der Waals surface area contributed by atoms with Crippen LogP contribution in [0.1, 0.15) is 37.8 Å². The van der Waals surface area contributed by atoms with Gasteiger partial charge in [-0.3, -0.25) is 4.79 Å². The van der Waals surface area contributed by atoms with Crippen LogP contribution in [0.4, 0.5) is 11.5 Å². The lowest BCUT2D eigenvalue weighted by Gasteiger charge is -2.33. The van der Waals surface area contributed by atoms with Gasteiger partial charge in [0.05, 0.1) is 18.8 Å². The highest BCUT2D eigenvalue weighted by molar-refractivity contribution is 7.98. The fraction of sp³-hybridized carbons (Fsp3) is 0.478. The predicted molar refractivity (Wildman–Crippen MR) is 125 cm³/mol. The van der Waals surface area contributed by atoms with Gasteiger partial charge in [-0.2, -0.15) is 0 Å². The molecule has 0 bridgehead atoms. The van der Waals surface area contributed by atoms with E-state index in [1.54, 1.807) is 18.9 Å². The summed E-state index contributed by atoms with van der Waals surface area (Å²) in [6.45, 7) is 3.85. The van der Waals surface area contributed by atoms with Crippen molar-refractivity contribution in [3.05, 3.63) is 42.1 Å². The van der Waals surface area contributed by atoms with E-state index in [2.05, 4.69) is 32.8 Å². The van der Waals surface area contributed by atoms with E-state index in [4.69, 9.17) is 4.74 Å². The van der Waals surface area contributed by atoms with Crippen molar-refractivity contribution in [3.8, 4) is 5.75 Å². The van der Waals surface area contributed by atoms with Crippen LogP contribution in [0, 0.1) is 5.92 Å². The first-order valence-electron chi connectivity index (χ1n) is 10.4. The number of carbonyl (C=O) groups is 1. The number of pyridine rings is 1. The fourth-order valence-electron chi connectivity index (χ4n) is 3.89. The minimum Gasteiger partial charge on any atom is -0.497 e. The van der Waals surface area contributed by atoms with Gasteiger partial charge < -0.3 is 20.3 Å². The monoisotopic (exact) mass is 428 g/mol. The number of amides is 1. The number of benzene rings is 1. The van der Waals surface area contributed by atoms with Crippen LogP contribution in [0.5, 0.6) is 5.75 Å². The average molecular weight is 429 g/mol. The Balaban J connectivity index is 1.51. The molecule has 1 aliphatic rings. The van der Waals surface area contributed by atoms with Gasteiger partial charge in [0.2, 0.25) is 5.91 Å². The van der Waals surface area contributed by atoms with Gasteiger partial charge in [0.1, 0.15) is 5.75 Å². The van der Waals surface area contributed by atoms with Crippen LogP contribution in [-0.4, -0.2) is 44.4 Å².